The molecule has 3 N–H and O–H groups in total. The van der Waals surface area contributed by atoms with Crippen molar-refractivity contribution in [3.05, 3.63) is 73.4 Å². The molecule has 10 heteroatoms. The third kappa shape index (κ3) is 3.30. The molecule has 29 heavy (non-hydrogen) atoms. The molecule has 0 aliphatic carbocycles. The van der Waals surface area contributed by atoms with E-state index in [1.807, 2.05) is 0 Å². The molecule has 1 amide bonds. The number of benzene rings is 1. The molecular weight excluding hydrogens is 419 g/mol. The second-order valence-corrected chi connectivity index (χ2v) is 7.36. The highest BCUT2D eigenvalue weighted by atomic mass is 35.5. The number of carbonyl (C=O) groups excluding carboxylic acids is 1. The molecule has 0 saturated carbocycles. The standard InChI is InChI=1S/C19H14Cl2N4O4/c1-8-4-15(26)16(19(28)29-8)13-6-14(9-2-3-11(20)12(21)5-9)25-18(24-13)10(7-23-25)17(22)27/h2-5,7,14,26H,6H2,1H3,(H2,22,27)/t14-/m0/s1. The molecule has 3 aromatic rings. The highest BCUT2D eigenvalue weighted by Crippen LogP contribution is 2.38. The van der Waals surface area contributed by atoms with Crippen LogP contribution in [0.5, 0.6) is 5.75 Å². The summed E-state index contributed by atoms with van der Waals surface area (Å²) >= 11 is 12.2. The number of fused-ring (bicyclic) bond motifs is 1. The van der Waals surface area contributed by atoms with Crippen LogP contribution in [0.3, 0.4) is 0 Å². The molecule has 2 aromatic heterocycles. The first-order valence-electron chi connectivity index (χ1n) is 8.50. The summed E-state index contributed by atoms with van der Waals surface area (Å²) in [5.41, 5.74) is 5.68. The van der Waals surface area contributed by atoms with Gasteiger partial charge >= 0.3 is 5.63 Å². The van der Waals surface area contributed by atoms with Crippen LogP contribution in [0.25, 0.3) is 0 Å². The predicted molar refractivity (Wildman–Crippen MR) is 108 cm³/mol. The molecule has 0 unspecified atom stereocenters. The molecule has 8 nitrogen and oxygen atoms in total. The number of aliphatic imine (C=N–C) groups is 1. The van der Waals surface area contributed by atoms with Gasteiger partial charge in [-0.15, -0.1) is 0 Å². The number of hydrogen-bond donors (Lipinski definition) is 2. The average molecular weight is 433 g/mol. The molecule has 0 spiro atoms. The fourth-order valence-corrected chi connectivity index (χ4v) is 3.62. The number of hydrogen-bond acceptors (Lipinski definition) is 6. The number of aromatic hydroxyl groups is 1. The van der Waals surface area contributed by atoms with Crippen molar-refractivity contribution in [1.82, 2.24) is 9.78 Å². The Kier molecular flexibility index (Phi) is 4.68. The van der Waals surface area contributed by atoms with Gasteiger partial charge in [-0.2, -0.15) is 5.10 Å². The van der Waals surface area contributed by atoms with Gasteiger partial charge in [0.2, 0.25) is 0 Å². The van der Waals surface area contributed by atoms with Gasteiger partial charge in [0.25, 0.3) is 5.91 Å². The second-order valence-electron chi connectivity index (χ2n) is 6.55. The number of aryl methyl sites for hydroxylation is 1. The quantitative estimate of drug-likeness (QED) is 0.656. The van der Waals surface area contributed by atoms with Crippen LogP contribution < -0.4 is 11.4 Å². The van der Waals surface area contributed by atoms with E-state index in [1.54, 1.807) is 25.1 Å². The van der Waals surface area contributed by atoms with Gasteiger partial charge in [0.05, 0.1) is 28.0 Å². The first kappa shape index (κ1) is 19.2. The highest BCUT2D eigenvalue weighted by Gasteiger charge is 2.31. The number of halogens is 2. The van der Waals surface area contributed by atoms with Crippen molar-refractivity contribution in [2.75, 3.05) is 0 Å². The Balaban J connectivity index is 1.94. The van der Waals surface area contributed by atoms with Crippen LogP contribution in [0.15, 0.2) is 44.7 Å². The molecule has 0 bridgehead atoms. The topological polar surface area (TPSA) is 124 Å². The van der Waals surface area contributed by atoms with Crippen LogP contribution in [-0.4, -0.2) is 26.5 Å². The van der Waals surface area contributed by atoms with Crippen molar-refractivity contribution in [2.24, 2.45) is 10.7 Å². The minimum atomic E-state index is -0.734. The van der Waals surface area contributed by atoms with E-state index >= 15 is 0 Å². The third-order valence-corrected chi connectivity index (χ3v) is 5.37. The summed E-state index contributed by atoms with van der Waals surface area (Å²) < 4.78 is 6.64. The van der Waals surface area contributed by atoms with E-state index in [4.69, 9.17) is 33.4 Å². The molecule has 0 radical (unpaired) electrons. The predicted octanol–water partition coefficient (Wildman–Crippen LogP) is 3.37. The first-order chi connectivity index (χ1) is 13.8. The molecule has 4 rings (SSSR count). The maximum absolute atomic E-state index is 12.4. The Morgan fingerprint density at radius 1 is 1.31 bits per heavy atom. The minimum absolute atomic E-state index is 0.0801. The van der Waals surface area contributed by atoms with Gasteiger partial charge < -0.3 is 15.3 Å². The largest absolute Gasteiger partial charge is 0.507 e. The molecule has 0 saturated heterocycles. The van der Waals surface area contributed by atoms with Gasteiger partial charge in [-0.05, 0) is 24.6 Å². The number of rotatable bonds is 3. The molecule has 3 heterocycles. The smallest absolute Gasteiger partial charge is 0.348 e. The van der Waals surface area contributed by atoms with Gasteiger partial charge in [0.15, 0.2) is 5.82 Å². The van der Waals surface area contributed by atoms with E-state index in [2.05, 4.69) is 10.1 Å². The van der Waals surface area contributed by atoms with E-state index in [1.165, 1.54) is 16.9 Å². The molecular formula is C19H14Cl2N4O4. The van der Waals surface area contributed by atoms with Crippen molar-refractivity contribution in [1.29, 1.82) is 0 Å². The van der Waals surface area contributed by atoms with Crippen LogP contribution in [0.2, 0.25) is 10.0 Å². The van der Waals surface area contributed by atoms with Gasteiger partial charge in [-0.3, -0.25) is 4.79 Å². The summed E-state index contributed by atoms with van der Waals surface area (Å²) in [5, 5.41) is 15.3. The maximum Gasteiger partial charge on any atom is 0.348 e. The Labute approximate surface area is 174 Å². The van der Waals surface area contributed by atoms with E-state index in [0.717, 1.165) is 5.56 Å². The van der Waals surface area contributed by atoms with E-state index in [9.17, 15) is 14.7 Å². The summed E-state index contributed by atoms with van der Waals surface area (Å²) in [5.74, 6) is -0.547. The Morgan fingerprint density at radius 3 is 2.72 bits per heavy atom. The summed E-state index contributed by atoms with van der Waals surface area (Å²) in [6.45, 7) is 1.55. The van der Waals surface area contributed by atoms with Gasteiger partial charge in [0.1, 0.15) is 22.6 Å². The van der Waals surface area contributed by atoms with E-state index in [0.29, 0.717) is 10.0 Å². The van der Waals surface area contributed by atoms with Crippen molar-refractivity contribution in [3.63, 3.8) is 0 Å². The lowest BCUT2D eigenvalue weighted by molar-refractivity contribution is 0.100. The molecule has 1 aliphatic heterocycles. The van der Waals surface area contributed by atoms with Gasteiger partial charge in [0, 0.05) is 12.5 Å². The van der Waals surface area contributed by atoms with Crippen molar-refractivity contribution in [3.8, 4) is 5.75 Å². The monoisotopic (exact) mass is 432 g/mol. The summed E-state index contributed by atoms with van der Waals surface area (Å²) in [4.78, 5) is 28.6. The normalized spacial score (nSPS) is 15.7. The Hall–Kier alpha value is -3.10. The third-order valence-electron chi connectivity index (χ3n) is 4.63. The lowest BCUT2D eigenvalue weighted by Crippen LogP contribution is -2.25. The number of amides is 1. The zero-order valence-electron chi connectivity index (χ0n) is 15.0. The van der Waals surface area contributed by atoms with E-state index in [-0.39, 0.29) is 40.6 Å². The Bertz CT molecular complexity index is 1250. The van der Waals surface area contributed by atoms with Crippen LogP contribution in [-0.2, 0) is 0 Å². The minimum Gasteiger partial charge on any atom is -0.507 e. The summed E-state index contributed by atoms with van der Waals surface area (Å²) in [6.07, 6.45) is 1.50. The molecule has 0 fully saturated rings. The van der Waals surface area contributed by atoms with Crippen LogP contribution in [0.4, 0.5) is 5.82 Å². The van der Waals surface area contributed by atoms with Crippen molar-refractivity contribution < 1.29 is 14.3 Å². The zero-order chi connectivity index (χ0) is 20.9. The van der Waals surface area contributed by atoms with Crippen molar-refractivity contribution in [2.45, 2.75) is 19.4 Å². The number of nitrogens with zero attached hydrogens (tertiary/aromatic N) is 3. The second kappa shape index (κ2) is 7.06. The van der Waals surface area contributed by atoms with Crippen LogP contribution in [0, 0.1) is 6.92 Å². The lowest BCUT2D eigenvalue weighted by Gasteiger charge is -2.25. The van der Waals surface area contributed by atoms with Gasteiger partial charge in [-0.25, -0.2) is 14.5 Å². The SMILES string of the molecule is Cc1cc(O)c(C2=Nc3c(C(N)=O)cnn3[C@H](c3ccc(Cl)c(Cl)c3)C2)c(=O)o1. The van der Waals surface area contributed by atoms with E-state index < -0.39 is 17.6 Å². The molecule has 148 valence electrons. The fourth-order valence-electron chi connectivity index (χ4n) is 3.31. The summed E-state index contributed by atoms with van der Waals surface area (Å²) in [7, 11) is 0. The fraction of sp³-hybridized carbons (Fsp3) is 0.158. The zero-order valence-corrected chi connectivity index (χ0v) is 16.5. The summed E-state index contributed by atoms with van der Waals surface area (Å²) in [6, 6.07) is 5.92. The highest BCUT2D eigenvalue weighted by molar-refractivity contribution is 6.42. The van der Waals surface area contributed by atoms with Crippen molar-refractivity contribution >= 4 is 40.6 Å². The number of aromatic nitrogens is 2. The van der Waals surface area contributed by atoms with Gasteiger partial charge in [-0.1, -0.05) is 29.3 Å². The number of carbonyl (C=O) groups is 1. The number of nitrogens with two attached hydrogens (primary N) is 1. The molecule has 1 atom stereocenters. The van der Waals surface area contributed by atoms with Crippen LogP contribution >= 0.6 is 23.2 Å². The van der Waals surface area contributed by atoms with Crippen LogP contribution in [0.1, 0.15) is 39.7 Å². The maximum atomic E-state index is 12.4. The molecule has 1 aliphatic rings. The molecule has 1 aromatic carbocycles. The number of primary amides is 1. The lowest BCUT2D eigenvalue weighted by atomic mass is 9.96. The first-order valence-corrected chi connectivity index (χ1v) is 9.25. The Morgan fingerprint density at radius 2 is 2.07 bits per heavy atom. The average Bonchev–Trinajstić information content (AvgIpc) is 3.07.